The van der Waals surface area contributed by atoms with Crippen molar-refractivity contribution >= 4 is 28.9 Å². The predicted molar refractivity (Wildman–Crippen MR) is 191 cm³/mol. The van der Waals surface area contributed by atoms with Crippen LogP contribution in [-0.2, 0) is 58.7 Å². The topological polar surface area (TPSA) is 167 Å². The maximum atomic E-state index is 12.6. The average molecular weight is 732 g/mol. The van der Waals surface area contributed by atoms with Gasteiger partial charge in [0, 0.05) is 31.4 Å². The Balaban J connectivity index is 1.06. The quantitative estimate of drug-likeness (QED) is 0.108. The summed E-state index contributed by atoms with van der Waals surface area (Å²) in [6.07, 6.45) is 1.46. The minimum Gasteiger partial charge on any atom is -0.485 e. The van der Waals surface area contributed by atoms with Crippen LogP contribution in [0.1, 0.15) is 36.8 Å². The molecule has 1 N–H and O–H groups in total. The predicted octanol–water partition coefficient (Wildman–Crippen LogP) is 3.66. The Kier molecular flexibility index (Phi) is 23.0. The highest BCUT2D eigenvalue weighted by Crippen LogP contribution is 2.28. The van der Waals surface area contributed by atoms with Gasteiger partial charge in [-0.3, -0.25) is 19.4 Å². The molecule has 0 fully saturated rings. The van der Waals surface area contributed by atoms with E-state index < -0.39 is 5.97 Å². The maximum Gasteiger partial charge on any atom is 0.305 e. The van der Waals surface area contributed by atoms with Crippen molar-refractivity contribution in [2.24, 2.45) is 4.99 Å². The van der Waals surface area contributed by atoms with Gasteiger partial charge in [-0.2, -0.15) is 0 Å². The van der Waals surface area contributed by atoms with Gasteiger partial charge in [-0.1, -0.05) is 30.3 Å². The third-order valence-corrected chi connectivity index (χ3v) is 7.39. The van der Waals surface area contributed by atoms with Gasteiger partial charge in [-0.25, -0.2) is 0 Å². The van der Waals surface area contributed by atoms with Gasteiger partial charge in [0.1, 0.15) is 18.1 Å². The van der Waals surface area contributed by atoms with Crippen LogP contribution in [0.4, 0.5) is 5.69 Å². The number of aliphatic imine (C=N–C) groups is 1. The molecule has 1 aliphatic rings. The lowest BCUT2D eigenvalue weighted by Gasteiger charge is -2.12. The van der Waals surface area contributed by atoms with E-state index in [-0.39, 0.29) is 37.6 Å². The molecule has 0 aromatic heterocycles. The van der Waals surface area contributed by atoms with Crippen LogP contribution in [0.25, 0.3) is 0 Å². The summed E-state index contributed by atoms with van der Waals surface area (Å²) in [7, 11) is 0. The number of carboxylic acid groups (broad SMARTS) is 1. The first kappa shape index (κ1) is 42.8. The molecular weight excluding hydrogens is 678 g/mol. The zero-order valence-electron chi connectivity index (χ0n) is 30.0. The lowest BCUT2D eigenvalue weighted by Crippen LogP contribution is -2.16. The molecule has 2 aromatic rings. The van der Waals surface area contributed by atoms with Gasteiger partial charge in [-0.15, -0.1) is 0 Å². The van der Waals surface area contributed by atoms with Crippen molar-refractivity contribution in [2.75, 3.05) is 112 Å². The van der Waals surface area contributed by atoms with E-state index in [9.17, 15) is 14.4 Å². The Morgan fingerprint density at radius 2 is 1.06 bits per heavy atom. The van der Waals surface area contributed by atoms with Crippen LogP contribution < -0.4 is 4.74 Å². The van der Waals surface area contributed by atoms with Crippen LogP contribution in [0.5, 0.6) is 5.75 Å². The molecule has 0 unspecified atom stereocenters. The molecule has 0 atom stereocenters. The van der Waals surface area contributed by atoms with Crippen molar-refractivity contribution < 1.29 is 62.1 Å². The number of carboxylic acids is 1. The molecule has 52 heavy (non-hydrogen) atoms. The first-order valence-corrected chi connectivity index (χ1v) is 17.8. The first-order chi connectivity index (χ1) is 25.5. The highest BCUT2D eigenvalue weighted by atomic mass is 16.6. The molecule has 3 rings (SSSR count). The number of rotatable bonds is 32. The summed E-state index contributed by atoms with van der Waals surface area (Å²) in [5.74, 6) is -0.292. The molecule has 14 nitrogen and oxygen atoms in total. The fourth-order valence-electron chi connectivity index (χ4n) is 4.81. The average Bonchev–Trinajstić information content (AvgIpc) is 3.31. The van der Waals surface area contributed by atoms with E-state index in [0.29, 0.717) is 130 Å². The number of ether oxygens (including phenoxy) is 9. The Bertz CT molecular complexity index is 1340. The minimum absolute atomic E-state index is 0.0109. The van der Waals surface area contributed by atoms with Crippen LogP contribution in [0, 0.1) is 0 Å². The summed E-state index contributed by atoms with van der Waals surface area (Å²) in [6, 6.07) is 15.0. The summed E-state index contributed by atoms with van der Waals surface area (Å²) in [5, 5.41) is 8.50. The summed E-state index contributed by atoms with van der Waals surface area (Å²) < 4.78 is 49.2. The van der Waals surface area contributed by atoms with Crippen molar-refractivity contribution in [1.29, 1.82) is 0 Å². The molecule has 1 heterocycles. The molecule has 0 bridgehead atoms. The molecule has 0 spiro atoms. The Morgan fingerprint density at radius 3 is 1.62 bits per heavy atom. The maximum absolute atomic E-state index is 12.6. The van der Waals surface area contributed by atoms with Crippen LogP contribution in [0.15, 0.2) is 53.5 Å². The van der Waals surface area contributed by atoms with Gasteiger partial charge in [0.25, 0.3) is 0 Å². The molecule has 0 saturated heterocycles. The Labute approximate surface area is 305 Å². The summed E-state index contributed by atoms with van der Waals surface area (Å²) >= 11 is 0. The summed E-state index contributed by atoms with van der Waals surface area (Å²) in [5.41, 5.74) is 3.06. The van der Waals surface area contributed by atoms with Gasteiger partial charge in [-0.05, 0) is 30.2 Å². The van der Waals surface area contributed by atoms with Crippen molar-refractivity contribution in [3.8, 4) is 5.75 Å². The number of aliphatic carboxylic acids is 1. The van der Waals surface area contributed by atoms with E-state index in [1.165, 1.54) is 0 Å². The van der Waals surface area contributed by atoms with E-state index in [4.69, 9.17) is 52.7 Å². The second kappa shape index (κ2) is 28.0. The Morgan fingerprint density at radius 1 is 0.577 bits per heavy atom. The number of Topliss-reactive ketones (excluding diaryl/α,β-unsaturated/α-hetero) is 2. The number of hydrogen-bond acceptors (Lipinski definition) is 13. The van der Waals surface area contributed by atoms with E-state index in [1.807, 2.05) is 42.5 Å². The first-order valence-electron chi connectivity index (χ1n) is 17.8. The number of carbonyl (C=O) groups is 3. The molecule has 0 radical (unpaired) electrons. The molecule has 2 aromatic carbocycles. The van der Waals surface area contributed by atoms with Gasteiger partial charge in [0.2, 0.25) is 0 Å². The fourth-order valence-corrected chi connectivity index (χ4v) is 4.81. The van der Waals surface area contributed by atoms with Gasteiger partial charge in [0.15, 0.2) is 5.78 Å². The number of carbonyl (C=O) groups excluding carboxylic acids is 2. The molecular formula is C38H53NO13. The number of nitrogens with zero attached hydrogens (tertiary/aromatic N) is 1. The van der Waals surface area contributed by atoms with Crippen molar-refractivity contribution in [1.82, 2.24) is 0 Å². The molecule has 1 aliphatic heterocycles. The van der Waals surface area contributed by atoms with E-state index in [2.05, 4.69) is 0 Å². The Hall–Kier alpha value is -3.60. The highest BCUT2D eigenvalue weighted by Gasteiger charge is 2.20. The van der Waals surface area contributed by atoms with E-state index in [0.717, 1.165) is 16.8 Å². The van der Waals surface area contributed by atoms with Gasteiger partial charge < -0.3 is 47.7 Å². The van der Waals surface area contributed by atoms with E-state index in [1.54, 1.807) is 6.07 Å². The number of fused-ring (bicyclic) bond motifs is 1. The number of ketones is 2. The van der Waals surface area contributed by atoms with Gasteiger partial charge in [0.05, 0.1) is 117 Å². The van der Waals surface area contributed by atoms with Crippen molar-refractivity contribution in [3.63, 3.8) is 0 Å². The summed E-state index contributed by atoms with van der Waals surface area (Å²) in [4.78, 5) is 40.2. The molecule has 0 amide bonds. The standard InChI is InChI=1S/C38H53NO13/c40-32(30-52-37-10-4-2-8-34(37)36-29-33(41)28-31-6-1-3-9-35(31)39-36)7-5-12-44-14-16-46-18-20-48-22-24-50-26-27-51-25-23-49-21-19-47-17-15-45-13-11-38(42)43/h1-4,6,8-10H,5,7,11-30H2,(H,42,43). The van der Waals surface area contributed by atoms with Crippen LogP contribution in [-0.4, -0.2) is 141 Å². The molecule has 0 aliphatic carbocycles. The normalized spacial score (nSPS) is 12.7. The van der Waals surface area contributed by atoms with E-state index >= 15 is 0 Å². The second-order valence-corrected chi connectivity index (χ2v) is 11.5. The van der Waals surface area contributed by atoms with Gasteiger partial charge >= 0.3 is 5.97 Å². The van der Waals surface area contributed by atoms with Crippen LogP contribution in [0.2, 0.25) is 0 Å². The highest BCUT2D eigenvalue weighted by molar-refractivity contribution is 6.14. The van der Waals surface area contributed by atoms with Crippen molar-refractivity contribution in [3.05, 3.63) is 59.7 Å². The molecule has 0 saturated carbocycles. The number of hydrogen-bond donors (Lipinski definition) is 1. The monoisotopic (exact) mass is 731 g/mol. The lowest BCUT2D eigenvalue weighted by atomic mass is 10.0. The zero-order chi connectivity index (χ0) is 36.9. The summed E-state index contributed by atoms with van der Waals surface area (Å²) in [6.45, 7) is 6.71. The van der Waals surface area contributed by atoms with Crippen molar-refractivity contribution in [2.45, 2.75) is 32.1 Å². The third kappa shape index (κ3) is 19.9. The molecule has 14 heteroatoms. The van der Waals surface area contributed by atoms with Crippen LogP contribution >= 0.6 is 0 Å². The zero-order valence-corrected chi connectivity index (χ0v) is 30.0. The number of benzene rings is 2. The number of para-hydroxylation sites is 2. The molecule has 288 valence electrons. The fraction of sp³-hybridized carbons (Fsp3) is 0.579. The largest absolute Gasteiger partial charge is 0.485 e. The minimum atomic E-state index is -0.881. The lowest BCUT2D eigenvalue weighted by molar-refractivity contribution is -0.138. The SMILES string of the molecule is O=C(O)CCOCCOCCOCCOCCOCCOCCOCCOCCCC(=O)COc1ccccc1C1=Nc2ccccc2CC(=O)C1. The third-order valence-electron chi connectivity index (χ3n) is 7.39. The van der Waals surface area contributed by atoms with Crippen LogP contribution in [0.3, 0.4) is 0 Å². The smallest absolute Gasteiger partial charge is 0.305 e. The second-order valence-electron chi connectivity index (χ2n) is 11.5.